The number of rotatable bonds is 7. The van der Waals surface area contributed by atoms with Gasteiger partial charge in [-0.2, -0.15) is 0 Å². The van der Waals surface area contributed by atoms with Crippen LogP contribution in [0.3, 0.4) is 0 Å². The van der Waals surface area contributed by atoms with Crippen LogP contribution in [0.2, 0.25) is 0 Å². The molecule has 2 aromatic rings. The number of para-hydroxylation sites is 2. The molecular formula is C18H24N2O4. The average Bonchev–Trinajstić information content (AvgIpc) is 2.64. The fourth-order valence-electron chi connectivity index (χ4n) is 2.74. The Morgan fingerprint density at radius 2 is 1.00 bits per heavy atom. The van der Waals surface area contributed by atoms with Gasteiger partial charge in [-0.25, -0.2) is 0 Å². The molecule has 0 aliphatic carbocycles. The van der Waals surface area contributed by atoms with Crippen molar-refractivity contribution in [3.05, 3.63) is 47.5 Å². The maximum atomic E-state index is 6.43. The zero-order chi connectivity index (χ0) is 17.7. The summed E-state index contributed by atoms with van der Waals surface area (Å²) in [6.45, 7) is 0. The molecule has 2 rings (SSSR count). The van der Waals surface area contributed by atoms with Crippen molar-refractivity contribution in [3.8, 4) is 23.0 Å². The lowest BCUT2D eigenvalue weighted by atomic mass is 9.93. The van der Waals surface area contributed by atoms with Gasteiger partial charge in [-0.1, -0.05) is 24.3 Å². The van der Waals surface area contributed by atoms with E-state index in [1.807, 2.05) is 36.4 Å². The van der Waals surface area contributed by atoms with Crippen LogP contribution in [0, 0.1) is 0 Å². The van der Waals surface area contributed by atoms with Crippen LogP contribution >= 0.6 is 0 Å². The fraction of sp³-hybridized carbons (Fsp3) is 0.333. The first-order chi connectivity index (χ1) is 11.6. The Bertz CT molecular complexity index is 631. The summed E-state index contributed by atoms with van der Waals surface area (Å²) >= 11 is 0. The summed E-state index contributed by atoms with van der Waals surface area (Å²) in [6, 6.07) is 10.0. The summed E-state index contributed by atoms with van der Waals surface area (Å²) in [5, 5.41) is 0. The Balaban J connectivity index is 2.46. The third-order valence-corrected chi connectivity index (χ3v) is 3.97. The second kappa shape index (κ2) is 7.90. The molecule has 2 unspecified atom stereocenters. The number of methoxy groups -OCH3 is 4. The Hall–Kier alpha value is -2.44. The maximum absolute atomic E-state index is 6.43. The minimum atomic E-state index is -0.518. The SMILES string of the molecule is COc1cccc(C(N)C(N)c2cccc(OC)c2OC)c1OC. The summed E-state index contributed by atoms with van der Waals surface area (Å²) in [4.78, 5) is 0. The highest BCUT2D eigenvalue weighted by molar-refractivity contribution is 5.52. The van der Waals surface area contributed by atoms with Gasteiger partial charge >= 0.3 is 0 Å². The summed E-state index contributed by atoms with van der Waals surface area (Å²) in [5.74, 6) is 2.36. The van der Waals surface area contributed by atoms with E-state index in [-0.39, 0.29) is 0 Å². The summed E-state index contributed by atoms with van der Waals surface area (Å²) in [7, 11) is 6.31. The molecule has 0 radical (unpaired) electrons. The lowest BCUT2D eigenvalue weighted by molar-refractivity contribution is 0.341. The zero-order valence-electron chi connectivity index (χ0n) is 14.4. The number of nitrogens with two attached hydrogens (primary N) is 2. The Kier molecular flexibility index (Phi) is 5.89. The van der Waals surface area contributed by atoms with Crippen molar-refractivity contribution in [3.63, 3.8) is 0 Å². The van der Waals surface area contributed by atoms with Crippen molar-refractivity contribution in [1.82, 2.24) is 0 Å². The molecule has 0 heterocycles. The third-order valence-electron chi connectivity index (χ3n) is 3.97. The van der Waals surface area contributed by atoms with E-state index in [1.165, 1.54) is 0 Å². The largest absolute Gasteiger partial charge is 0.493 e. The van der Waals surface area contributed by atoms with Gasteiger partial charge < -0.3 is 30.4 Å². The number of ether oxygens (including phenoxy) is 4. The molecule has 0 spiro atoms. The van der Waals surface area contributed by atoms with E-state index >= 15 is 0 Å². The van der Waals surface area contributed by atoms with E-state index in [1.54, 1.807) is 28.4 Å². The normalized spacial score (nSPS) is 13.1. The Labute approximate surface area is 142 Å². The maximum Gasteiger partial charge on any atom is 0.165 e. The van der Waals surface area contributed by atoms with E-state index in [2.05, 4.69) is 0 Å². The summed E-state index contributed by atoms with van der Waals surface area (Å²) < 4.78 is 21.6. The highest BCUT2D eigenvalue weighted by atomic mass is 16.5. The molecule has 24 heavy (non-hydrogen) atoms. The number of benzene rings is 2. The lowest BCUT2D eigenvalue weighted by Crippen LogP contribution is -2.27. The predicted octanol–water partition coefficient (Wildman–Crippen LogP) is 2.42. The minimum absolute atomic E-state index is 0.518. The molecule has 0 aliphatic heterocycles. The first-order valence-corrected chi connectivity index (χ1v) is 7.51. The van der Waals surface area contributed by atoms with Gasteiger partial charge in [0, 0.05) is 11.1 Å². The van der Waals surface area contributed by atoms with Crippen LogP contribution in [0.4, 0.5) is 0 Å². The Morgan fingerprint density at radius 3 is 1.29 bits per heavy atom. The zero-order valence-corrected chi connectivity index (χ0v) is 14.4. The smallest absolute Gasteiger partial charge is 0.165 e. The number of hydrogen-bond donors (Lipinski definition) is 2. The van der Waals surface area contributed by atoms with Crippen LogP contribution in [0.1, 0.15) is 23.2 Å². The summed E-state index contributed by atoms with van der Waals surface area (Å²) in [5.41, 5.74) is 14.4. The van der Waals surface area contributed by atoms with E-state index in [0.29, 0.717) is 23.0 Å². The second-order valence-corrected chi connectivity index (χ2v) is 5.22. The van der Waals surface area contributed by atoms with Gasteiger partial charge in [0.15, 0.2) is 23.0 Å². The van der Waals surface area contributed by atoms with Gasteiger partial charge in [-0.05, 0) is 12.1 Å². The van der Waals surface area contributed by atoms with Crippen LogP contribution in [-0.2, 0) is 0 Å². The molecule has 2 aromatic carbocycles. The third kappa shape index (κ3) is 3.25. The van der Waals surface area contributed by atoms with Gasteiger partial charge in [0.1, 0.15) is 0 Å². The molecule has 2 atom stereocenters. The van der Waals surface area contributed by atoms with E-state index in [0.717, 1.165) is 11.1 Å². The molecule has 130 valence electrons. The highest BCUT2D eigenvalue weighted by Crippen LogP contribution is 2.41. The molecule has 0 amide bonds. The standard InChI is InChI=1S/C18H24N2O4/c1-21-13-9-5-7-11(17(13)23-3)15(19)16(20)12-8-6-10-14(22-2)18(12)24-4/h5-10,15-16H,19-20H2,1-4H3. The van der Waals surface area contributed by atoms with Crippen molar-refractivity contribution in [1.29, 1.82) is 0 Å². The van der Waals surface area contributed by atoms with Crippen LogP contribution < -0.4 is 30.4 Å². The molecule has 0 aromatic heterocycles. The van der Waals surface area contributed by atoms with E-state index in [4.69, 9.17) is 30.4 Å². The van der Waals surface area contributed by atoms with Crippen LogP contribution in [-0.4, -0.2) is 28.4 Å². The molecule has 0 saturated heterocycles. The topological polar surface area (TPSA) is 89.0 Å². The van der Waals surface area contributed by atoms with Gasteiger partial charge in [0.25, 0.3) is 0 Å². The monoisotopic (exact) mass is 332 g/mol. The van der Waals surface area contributed by atoms with Crippen molar-refractivity contribution in [2.45, 2.75) is 12.1 Å². The highest BCUT2D eigenvalue weighted by Gasteiger charge is 2.26. The molecule has 0 bridgehead atoms. The first kappa shape index (κ1) is 17.9. The molecule has 6 nitrogen and oxygen atoms in total. The van der Waals surface area contributed by atoms with Gasteiger partial charge in [-0.15, -0.1) is 0 Å². The molecular weight excluding hydrogens is 308 g/mol. The summed E-state index contributed by atoms with van der Waals surface area (Å²) in [6.07, 6.45) is 0. The molecule has 0 saturated carbocycles. The molecule has 0 fully saturated rings. The molecule has 4 N–H and O–H groups in total. The van der Waals surface area contributed by atoms with Crippen LogP contribution in [0.5, 0.6) is 23.0 Å². The van der Waals surface area contributed by atoms with Gasteiger partial charge in [0.05, 0.1) is 40.5 Å². The Morgan fingerprint density at radius 1 is 0.625 bits per heavy atom. The quantitative estimate of drug-likeness (QED) is 0.809. The van der Waals surface area contributed by atoms with Crippen LogP contribution in [0.15, 0.2) is 36.4 Å². The minimum Gasteiger partial charge on any atom is -0.493 e. The van der Waals surface area contributed by atoms with Crippen molar-refractivity contribution in [2.75, 3.05) is 28.4 Å². The van der Waals surface area contributed by atoms with Gasteiger partial charge in [0.2, 0.25) is 0 Å². The van der Waals surface area contributed by atoms with Crippen molar-refractivity contribution in [2.24, 2.45) is 11.5 Å². The fourth-order valence-corrected chi connectivity index (χ4v) is 2.74. The lowest BCUT2D eigenvalue weighted by Gasteiger charge is -2.25. The predicted molar refractivity (Wildman–Crippen MR) is 92.9 cm³/mol. The second-order valence-electron chi connectivity index (χ2n) is 5.22. The molecule has 6 heteroatoms. The first-order valence-electron chi connectivity index (χ1n) is 7.51. The average molecular weight is 332 g/mol. The number of hydrogen-bond acceptors (Lipinski definition) is 6. The van der Waals surface area contributed by atoms with Gasteiger partial charge in [-0.3, -0.25) is 0 Å². The van der Waals surface area contributed by atoms with Crippen molar-refractivity contribution >= 4 is 0 Å². The van der Waals surface area contributed by atoms with Crippen molar-refractivity contribution < 1.29 is 18.9 Å². The van der Waals surface area contributed by atoms with E-state index < -0.39 is 12.1 Å². The van der Waals surface area contributed by atoms with E-state index in [9.17, 15) is 0 Å². The molecule has 0 aliphatic rings. The van der Waals surface area contributed by atoms with Crippen LogP contribution in [0.25, 0.3) is 0 Å².